The van der Waals surface area contributed by atoms with Crippen molar-refractivity contribution < 1.29 is 17.9 Å². The molecule has 112 valence electrons. The summed E-state index contributed by atoms with van der Waals surface area (Å²) in [5.74, 6) is -3.47. The predicted octanol–water partition coefficient (Wildman–Crippen LogP) is 3.21. The quantitative estimate of drug-likeness (QED) is 0.860. The van der Waals surface area contributed by atoms with E-state index >= 15 is 0 Å². The van der Waals surface area contributed by atoms with Gasteiger partial charge in [-0.05, 0) is 18.7 Å². The largest absolute Gasteiger partial charge is 0.495 e. The Kier molecular flexibility index (Phi) is 4.80. The van der Waals surface area contributed by atoms with Crippen LogP contribution in [0.1, 0.15) is 24.1 Å². The van der Waals surface area contributed by atoms with Gasteiger partial charge in [0.05, 0.1) is 19.3 Å². The summed E-state index contributed by atoms with van der Waals surface area (Å²) in [4.78, 5) is 3.93. The summed E-state index contributed by atoms with van der Waals surface area (Å²) >= 11 is 0. The van der Waals surface area contributed by atoms with Crippen molar-refractivity contribution in [3.63, 3.8) is 0 Å². The zero-order chi connectivity index (χ0) is 15.4. The summed E-state index contributed by atoms with van der Waals surface area (Å²) in [7, 11) is 1.46. The van der Waals surface area contributed by atoms with E-state index in [1.807, 2.05) is 6.92 Å². The standard InChI is InChI=1S/C15H15F3N2O/c1-3-20-15(9-6-7-19-8-12(9)21-2)10-4-5-11(16)14(18)13(10)17/h4-8,15,20H,3H2,1-2H3. The molecule has 0 radical (unpaired) electrons. The third-order valence-corrected chi connectivity index (χ3v) is 3.13. The van der Waals surface area contributed by atoms with Crippen LogP contribution in [0.4, 0.5) is 13.2 Å². The average Bonchev–Trinajstić information content (AvgIpc) is 2.51. The van der Waals surface area contributed by atoms with Gasteiger partial charge in [0.15, 0.2) is 17.5 Å². The highest BCUT2D eigenvalue weighted by atomic mass is 19.2. The Hall–Kier alpha value is -2.08. The van der Waals surface area contributed by atoms with Crippen LogP contribution in [-0.4, -0.2) is 18.6 Å². The summed E-state index contributed by atoms with van der Waals surface area (Å²) in [6.07, 6.45) is 3.01. The molecule has 0 fully saturated rings. The molecule has 1 heterocycles. The minimum absolute atomic E-state index is 0.0141. The molecule has 0 spiro atoms. The Balaban J connectivity index is 2.56. The average molecular weight is 296 g/mol. The van der Waals surface area contributed by atoms with Gasteiger partial charge in [-0.1, -0.05) is 13.0 Å². The number of hydrogen-bond donors (Lipinski definition) is 1. The Morgan fingerprint density at radius 3 is 2.57 bits per heavy atom. The van der Waals surface area contributed by atoms with Crippen molar-refractivity contribution in [2.24, 2.45) is 0 Å². The second-order valence-electron chi connectivity index (χ2n) is 4.37. The van der Waals surface area contributed by atoms with Crippen molar-refractivity contribution in [3.05, 3.63) is 59.2 Å². The molecular formula is C15H15F3N2O. The molecule has 1 atom stereocenters. The van der Waals surface area contributed by atoms with Gasteiger partial charge in [-0.2, -0.15) is 0 Å². The van der Waals surface area contributed by atoms with Crippen LogP contribution in [0.3, 0.4) is 0 Å². The van der Waals surface area contributed by atoms with Gasteiger partial charge in [0.25, 0.3) is 0 Å². The maximum Gasteiger partial charge on any atom is 0.194 e. The third kappa shape index (κ3) is 3.00. The molecule has 0 amide bonds. The number of ether oxygens (including phenoxy) is 1. The molecule has 6 heteroatoms. The van der Waals surface area contributed by atoms with E-state index in [0.29, 0.717) is 17.9 Å². The van der Waals surface area contributed by atoms with Crippen molar-refractivity contribution in [3.8, 4) is 5.75 Å². The normalized spacial score (nSPS) is 12.2. The van der Waals surface area contributed by atoms with Crippen LogP contribution in [0.2, 0.25) is 0 Å². The lowest BCUT2D eigenvalue weighted by atomic mass is 9.98. The van der Waals surface area contributed by atoms with Gasteiger partial charge in [0, 0.05) is 17.3 Å². The van der Waals surface area contributed by atoms with Gasteiger partial charge >= 0.3 is 0 Å². The van der Waals surface area contributed by atoms with Crippen molar-refractivity contribution in [1.82, 2.24) is 10.3 Å². The first-order valence-corrected chi connectivity index (χ1v) is 6.44. The molecular weight excluding hydrogens is 281 g/mol. The molecule has 0 aliphatic carbocycles. The minimum atomic E-state index is -1.48. The number of rotatable bonds is 5. The Morgan fingerprint density at radius 1 is 1.14 bits per heavy atom. The molecule has 0 saturated heterocycles. The van der Waals surface area contributed by atoms with Crippen LogP contribution in [-0.2, 0) is 0 Å². The van der Waals surface area contributed by atoms with E-state index in [0.717, 1.165) is 6.07 Å². The first kappa shape index (κ1) is 15.3. The molecule has 0 bridgehead atoms. The van der Waals surface area contributed by atoms with Gasteiger partial charge in [-0.3, -0.25) is 4.98 Å². The van der Waals surface area contributed by atoms with Crippen molar-refractivity contribution in [2.75, 3.05) is 13.7 Å². The highest BCUT2D eigenvalue weighted by Gasteiger charge is 2.24. The lowest BCUT2D eigenvalue weighted by Gasteiger charge is -2.21. The van der Waals surface area contributed by atoms with Crippen LogP contribution in [0.15, 0.2) is 30.6 Å². The second kappa shape index (κ2) is 6.58. The maximum atomic E-state index is 14.0. The molecule has 2 rings (SSSR count). The van der Waals surface area contributed by atoms with E-state index in [4.69, 9.17) is 4.74 Å². The first-order chi connectivity index (χ1) is 10.1. The summed E-state index contributed by atoms with van der Waals surface area (Å²) in [5.41, 5.74) is 0.611. The van der Waals surface area contributed by atoms with E-state index in [9.17, 15) is 13.2 Å². The molecule has 0 aliphatic rings. The van der Waals surface area contributed by atoms with Gasteiger partial charge in [-0.15, -0.1) is 0 Å². The van der Waals surface area contributed by atoms with Crippen molar-refractivity contribution in [2.45, 2.75) is 13.0 Å². The fourth-order valence-electron chi connectivity index (χ4n) is 2.16. The number of halogens is 3. The van der Waals surface area contributed by atoms with Crippen molar-refractivity contribution in [1.29, 1.82) is 0 Å². The topological polar surface area (TPSA) is 34.2 Å². The predicted molar refractivity (Wildman–Crippen MR) is 72.6 cm³/mol. The first-order valence-electron chi connectivity index (χ1n) is 6.44. The van der Waals surface area contributed by atoms with Gasteiger partial charge in [0.2, 0.25) is 0 Å². The lowest BCUT2D eigenvalue weighted by Crippen LogP contribution is -2.24. The molecule has 0 saturated carbocycles. The van der Waals surface area contributed by atoms with E-state index in [1.165, 1.54) is 25.6 Å². The molecule has 3 nitrogen and oxygen atoms in total. The zero-order valence-electron chi connectivity index (χ0n) is 11.7. The number of benzene rings is 1. The van der Waals surface area contributed by atoms with E-state index in [2.05, 4.69) is 10.3 Å². The minimum Gasteiger partial charge on any atom is -0.495 e. The zero-order valence-corrected chi connectivity index (χ0v) is 11.7. The fourth-order valence-corrected chi connectivity index (χ4v) is 2.16. The molecule has 2 aromatic rings. The SMILES string of the molecule is CCNC(c1ccncc1OC)c1ccc(F)c(F)c1F. The molecule has 1 unspecified atom stereocenters. The van der Waals surface area contributed by atoms with Gasteiger partial charge in [0.1, 0.15) is 5.75 Å². The Bertz CT molecular complexity index is 634. The monoisotopic (exact) mass is 296 g/mol. The number of nitrogens with zero attached hydrogens (tertiary/aromatic N) is 1. The summed E-state index contributed by atoms with van der Waals surface area (Å²) < 4.78 is 45.8. The Morgan fingerprint density at radius 2 is 1.90 bits per heavy atom. The fraction of sp³-hybridized carbons (Fsp3) is 0.267. The van der Waals surface area contributed by atoms with Crippen LogP contribution in [0.25, 0.3) is 0 Å². The highest BCUT2D eigenvalue weighted by Crippen LogP contribution is 2.31. The smallest absolute Gasteiger partial charge is 0.194 e. The highest BCUT2D eigenvalue weighted by molar-refractivity contribution is 5.40. The molecule has 1 N–H and O–H groups in total. The van der Waals surface area contributed by atoms with Crippen LogP contribution in [0.5, 0.6) is 5.75 Å². The van der Waals surface area contributed by atoms with E-state index in [-0.39, 0.29) is 5.56 Å². The van der Waals surface area contributed by atoms with Gasteiger partial charge in [-0.25, -0.2) is 13.2 Å². The molecule has 1 aromatic heterocycles. The molecule has 1 aromatic carbocycles. The van der Waals surface area contributed by atoms with E-state index < -0.39 is 23.5 Å². The summed E-state index contributed by atoms with van der Waals surface area (Å²) in [5, 5.41) is 3.04. The number of nitrogens with one attached hydrogen (secondary N) is 1. The summed E-state index contributed by atoms with van der Waals surface area (Å²) in [6, 6.07) is 3.11. The molecule has 0 aliphatic heterocycles. The van der Waals surface area contributed by atoms with Crippen LogP contribution >= 0.6 is 0 Å². The summed E-state index contributed by atoms with van der Waals surface area (Å²) in [6.45, 7) is 2.34. The third-order valence-electron chi connectivity index (χ3n) is 3.13. The second-order valence-corrected chi connectivity index (χ2v) is 4.37. The lowest BCUT2D eigenvalue weighted by molar-refractivity contribution is 0.398. The van der Waals surface area contributed by atoms with Crippen LogP contribution < -0.4 is 10.1 Å². The van der Waals surface area contributed by atoms with Crippen LogP contribution in [0, 0.1) is 17.5 Å². The molecule has 21 heavy (non-hydrogen) atoms. The Labute approximate surface area is 120 Å². The number of hydrogen-bond acceptors (Lipinski definition) is 3. The van der Waals surface area contributed by atoms with Crippen molar-refractivity contribution >= 4 is 0 Å². The number of pyridine rings is 1. The van der Waals surface area contributed by atoms with Gasteiger partial charge < -0.3 is 10.1 Å². The number of methoxy groups -OCH3 is 1. The number of aromatic nitrogens is 1. The van der Waals surface area contributed by atoms with E-state index in [1.54, 1.807) is 6.07 Å². The maximum absolute atomic E-state index is 14.0.